The number of sulfonamides is 1. The van der Waals surface area contributed by atoms with Crippen LogP contribution in [0, 0.1) is 13.8 Å². The van der Waals surface area contributed by atoms with Gasteiger partial charge in [0, 0.05) is 22.6 Å². The molecule has 3 rings (SSSR count). The van der Waals surface area contributed by atoms with Gasteiger partial charge in [-0.25, -0.2) is 8.42 Å². The summed E-state index contributed by atoms with van der Waals surface area (Å²) >= 11 is 12.5. The molecule has 3 aromatic carbocycles. The van der Waals surface area contributed by atoms with E-state index in [9.17, 15) is 18.0 Å². The number of nitrogens with one attached hydrogen (secondary N) is 1. The number of halogens is 2. The second-order valence-electron chi connectivity index (χ2n) is 9.96. The molecule has 1 N–H and O–H groups in total. The fraction of sp³-hybridized carbons (Fsp3) is 0.333. The maximum absolute atomic E-state index is 14.1. The van der Waals surface area contributed by atoms with Crippen LogP contribution in [-0.2, 0) is 26.2 Å². The first-order valence-electron chi connectivity index (χ1n) is 13.0. The second-order valence-corrected chi connectivity index (χ2v) is 12.7. The maximum atomic E-state index is 14.1. The van der Waals surface area contributed by atoms with Crippen molar-refractivity contribution in [3.05, 3.63) is 93.5 Å². The lowest BCUT2D eigenvalue weighted by Gasteiger charge is -2.34. The summed E-state index contributed by atoms with van der Waals surface area (Å²) in [6, 6.07) is 17.2. The Kier molecular flexibility index (Phi) is 10.6. The molecule has 0 bridgehead atoms. The zero-order chi connectivity index (χ0) is 29.6. The largest absolute Gasteiger partial charge is 0.352 e. The standard InChI is InChI=1S/C30H35Cl2N3O4S/c1-6-27(30(37)33-20(2)3)34(18-23-13-14-24(31)17-26(23)32)29(36)19-35(28-15-12-21(4)16-22(28)5)40(38,39)25-10-8-7-9-11-25/h7-17,20,27H,6,18-19H2,1-5H3,(H,33,37)/t27-/m0/s1. The average Bonchev–Trinajstić information content (AvgIpc) is 2.88. The Bertz CT molecular complexity index is 1460. The summed E-state index contributed by atoms with van der Waals surface area (Å²) in [6.45, 7) is 8.66. The summed E-state index contributed by atoms with van der Waals surface area (Å²) in [5, 5.41) is 3.65. The van der Waals surface area contributed by atoms with Gasteiger partial charge in [0.2, 0.25) is 11.8 Å². The van der Waals surface area contributed by atoms with E-state index in [2.05, 4.69) is 5.32 Å². The molecule has 0 saturated carbocycles. The molecule has 0 aliphatic carbocycles. The van der Waals surface area contributed by atoms with Crippen molar-refractivity contribution in [1.82, 2.24) is 10.2 Å². The number of carbonyl (C=O) groups is 2. The van der Waals surface area contributed by atoms with Crippen molar-refractivity contribution in [2.24, 2.45) is 0 Å². The minimum absolute atomic E-state index is 0.00897. The Morgan fingerprint density at radius 1 is 0.950 bits per heavy atom. The van der Waals surface area contributed by atoms with Crippen LogP contribution < -0.4 is 9.62 Å². The van der Waals surface area contributed by atoms with E-state index >= 15 is 0 Å². The third kappa shape index (κ3) is 7.56. The molecule has 0 fully saturated rings. The van der Waals surface area contributed by atoms with E-state index in [0.717, 1.165) is 9.87 Å². The van der Waals surface area contributed by atoms with E-state index in [1.54, 1.807) is 62.4 Å². The Hall–Kier alpha value is -3.07. The third-order valence-electron chi connectivity index (χ3n) is 6.40. The number of nitrogens with zero attached hydrogens (tertiary/aromatic N) is 2. The summed E-state index contributed by atoms with van der Waals surface area (Å²) in [5.74, 6) is -0.879. The quantitative estimate of drug-likeness (QED) is 0.285. The molecule has 0 heterocycles. The molecule has 1 atom stereocenters. The average molecular weight is 605 g/mol. The number of rotatable bonds is 11. The molecule has 40 heavy (non-hydrogen) atoms. The van der Waals surface area contributed by atoms with Crippen molar-refractivity contribution in [2.75, 3.05) is 10.8 Å². The van der Waals surface area contributed by atoms with Crippen molar-refractivity contribution in [3.63, 3.8) is 0 Å². The number of amides is 2. The van der Waals surface area contributed by atoms with E-state index < -0.39 is 28.5 Å². The van der Waals surface area contributed by atoms with E-state index in [1.165, 1.54) is 17.0 Å². The van der Waals surface area contributed by atoms with Gasteiger partial charge in [-0.1, -0.05) is 72.1 Å². The van der Waals surface area contributed by atoms with Crippen molar-refractivity contribution < 1.29 is 18.0 Å². The Balaban J connectivity index is 2.11. The van der Waals surface area contributed by atoms with Gasteiger partial charge in [0.1, 0.15) is 12.6 Å². The van der Waals surface area contributed by atoms with Crippen molar-refractivity contribution in [1.29, 1.82) is 0 Å². The molecule has 0 radical (unpaired) electrons. The zero-order valence-corrected chi connectivity index (χ0v) is 25.6. The highest BCUT2D eigenvalue weighted by atomic mass is 35.5. The van der Waals surface area contributed by atoms with E-state index in [1.807, 2.05) is 26.8 Å². The number of hydrogen-bond donors (Lipinski definition) is 1. The van der Waals surface area contributed by atoms with Crippen LogP contribution in [0.5, 0.6) is 0 Å². The van der Waals surface area contributed by atoms with Crippen LogP contribution in [0.3, 0.4) is 0 Å². The summed E-state index contributed by atoms with van der Waals surface area (Å²) < 4.78 is 29.0. The number of benzene rings is 3. The van der Waals surface area contributed by atoms with Gasteiger partial charge in [-0.2, -0.15) is 0 Å². The van der Waals surface area contributed by atoms with Gasteiger partial charge in [0.25, 0.3) is 10.0 Å². The number of carbonyl (C=O) groups excluding carboxylic acids is 2. The monoisotopic (exact) mass is 603 g/mol. The Labute approximate surface area is 247 Å². The number of hydrogen-bond acceptors (Lipinski definition) is 4. The molecule has 3 aromatic rings. The first-order valence-corrected chi connectivity index (χ1v) is 15.2. The molecule has 0 aromatic heterocycles. The van der Waals surface area contributed by atoms with Gasteiger partial charge in [0.05, 0.1) is 10.6 Å². The van der Waals surface area contributed by atoms with Gasteiger partial charge in [-0.15, -0.1) is 0 Å². The Morgan fingerprint density at radius 2 is 1.62 bits per heavy atom. The molecule has 0 spiro atoms. The van der Waals surface area contributed by atoms with E-state index in [4.69, 9.17) is 23.2 Å². The van der Waals surface area contributed by atoms with Gasteiger partial charge in [0.15, 0.2) is 0 Å². The van der Waals surface area contributed by atoms with Crippen LogP contribution in [0.25, 0.3) is 0 Å². The van der Waals surface area contributed by atoms with E-state index in [-0.39, 0.29) is 23.4 Å². The molecular weight excluding hydrogens is 569 g/mol. The van der Waals surface area contributed by atoms with Crippen molar-refractivity contribution in [3.8, 4) is 0 Å². The van der Waals surface area contributed by atoms with Crippen LogP contribution in [0.1, 0.15) is 43.9 Å². The van der Waals surface area contributed by atoms with Crippen LogP contribution >= 0.6 is 23.2 Å². The molecule has 2 amide bonds. The number of anilines is 1. The Morgan fingerprint density at radius 3 is 2.20 bits per heavy atom. The molecule has 214 valence electrons. The van der Waals surface area contributed by atoms with Gasteiger partial charge >= 0.3 is 0 Å². The predicted octanol–water partition coefficient (Wildman–Crippen LogP) is 6.14. The normalized spacial score (nSPS) is 12.2. The highest BCUT2D eigenvalue weighted by molar-refractivity contribution is 7.92. The summed E-state index contributed by atoms with van der Waals surface area (Å²) in [7, 11) is -4.13. The smallest absolute Gasteiger partial charge is 0.264 e. The van der Waals surface area contributed by atoms with Gasteiger partial charge in [-0.05, 0) is 75.6 Å². The fourth-order valence-corrected chi connectivity index (χ4v) is 6.42. The SMILES string of the molecule is CC[C@@H](C(=O)NC(C)C)N(Cc1ccc(Cl)cc1Cl)C(=O)CN(c1ccc(C)cc1C)S(=O)(=O)c1ccccc1. The lowest BCUT2D eigenvalue weighted by molar-refractivity contribution is -0.140. The zero-order valence-electron chi connectivity index (χ0n) is 23.3. The third-order valence-corrected chi connectivity index (χ3v) is 8.76. The minimum atomic E-state index is -4.13. The van der Waals surface area contributed by atoms with Crippen LogP contribution in [0.2, 0.25) is 10.0 Å². The molecule has 10 heteroatoms. The maximum Gasteiger partial charge on any atom is 0.264 e. The summed E-state index contributed by atoms with van der Waals surface area (Å²) in [5.41, 5.74) is 2.62. The van der Waals surface area contributed by atoms with E-state index in [0.29, 0.717) is 33.3 Å². The fourth-order valence-electron chi connectivity index (χ4n) is 4.45. The van der Waals surface area contributed by atoms with Crippen LogP contribution in [-0.4, -0.2) is 43.8 Å². The summed E-state index contributed by atoms with van der Waals surface area (Å²) in [4.78, 5) is 28.8. The highest BCUT2D eigenvalue weighted by Crippen LogP contribution is 2.29. The molecule has 7 nitrogen and oxygen atoms in total. The first kappa shape index (κ1) is 31.5. The molecule has 0 unspecified atom stereocenters. The highest BCUT2D eigenvalue weighted by Gasteiger charge is 2.34. The predicted molar refractivity (Wildman–Crippen MR) is 161 cm³/mol. The van der Waals surface area contributed by atoms with Gasteiger partial charge < -0.3 is 10.2 Å². The lowest BCUT2D eigenvalue weighted by atomic mass is 10.1. The topological polar surface area (TPSA) is 86.8 Å². The minimum Gasteiger partial charge on any atom is -0.352 e. The van der Waals surface area contributed by atoms with Gasteiger partial charge in [-0.3, -0.25) is 13.9 Å². The van der Waals surface area contributed by atoms with Crippen molar-refractivity contribution >= 4 is 50.7 Å². The molecular formula is C30H35Cl2N3O4S. The molecule has 0 aliphatic rings. The van der Waals surface area contributed by atoms with Crippen molar-refractivity contribution in [2.45, 2.75) is 64.6 Å². The van der Waals surface area contributed by atoms with Crippen LogP contribution in [0.15, 0.2) is 71.6 Å². The second kappa shape index (κ2) is 13.5. The molecule has 0 saturated heterocycles. The van der Waals surface area contributed by atoms with Crippen LogP contribution in [0.4, 0.5) is 5.69 Å². The molecule has 0 aliphatic heterocycles. The number of aryl methyl sites for hydroxylation is 2. The summed E-state index contributed by atoms with van der Waals surface area (Å²) in [6.07, 6.45) is 0.310. The lowest BCUT2D eigenvalue weighted by Crippen LogP contribution is -2.53. The first-order chi connectivity index (χ1) is 18.8.